The quantitative estimate of drug-likeness (QED) is 0.521. The van der Waals surface area contributed by atoms with Crippen molar-refractivity contribution >= 4 is 29.0 Å². The van der Waals surface area contributed by atoms with E-state index < -0.39 is 17.4 Å². The number of hydrogen-bond acceptors (Lipinski definition) is 4. The number of carbonyl (C=O) groups is 2. The maximum Gasteiger partial charge on any atom is 0.296 e. The summed E-state index contributed by atoms with van der Waals surface area (Å²) in [6.45, 7) is -0.873. The fourth-order valence-electron chi connectivity index (χ4n) is 1.87. The first-order valence-corrected chi connectivity index (χ1v) is 6.66. The number of ketones is 1. The third-order valence-corrected chi connectivity index (χ3v) is 3.04. The first-order valence-electron chi connectivity index (χ1n) is 6.28. The van der Waals surface area contributed by atoms with Crippen molar-refractivity contribution in [2.45, 2.75) is 0 Å². The van der Waals surface area contributed by atoms with E-state index in [1.54, 1.807) is 30.3 Å². The largest absolute Gasteiger partial charge is 0.320 e. The van der Waals surface area contributed by atoms with Crippen LogP contribution in [0.25, 0.3) is 0 Å². The molecule has 0 aromatic heterocycles. The van der Waals surface area contributed by atoms with Crippen LogP contribution in [0.5, 0.6) is 0 Å². The number of nitrogens with zero attached hydrogens (tertiary/aromatic N) is 1. The van der Waals surface area contributed by atoms with Gasteiger partial charge in [0, 0.05) is 21.1 Å². The average molecular weight is 319 g/mol. The van der Waals surface area contributed by atoms with Gasteiger partial charge < -0.3 is 5.32 Å². The summed E-state index contributed by atoms with van der Waals surface area (Å²) in [6.07, 6.45) is 0. The summed E-state index contributed by atoms with van der Waals surface area (Å²) in [6, 6.07) is 12.8. The van der Waals surface area contributed by atoms with Gasteiger partial charge in [-0.15, -0.1) is 0 Å². The average Bonchev–Trinajstić information content (AvgIpc) is 2.48. The Balaban J connectivity index is 2.34. The zero-order valence-electron chi connectivity index (χ0n) is 11.3. The molecule has 0 aliphatic rings. The molecule has 22 heavy (non-hydrogen) atoms. The monoisotopic (exact) mass is 318 g/mol. The highest BCUT2D eigenvalue weighted by atomic mass is 35.5. The fourth-order valence-corrected chi connectivity index (χ4v) is 2.04. The summed E-state index contributed by atoms with van der Waals surface area (Å²) in [7, 11) is 0. The Bertz CT molecular complexity index is 732. The van der Waals surface area contributed by atoms with Gasteiger partial charge in [0.25, 0.3) is 12.5 Å². The van der Waals surface area contributed by atoms with Crippen LogP contribution in [-0.4, -0.2) is 23.2 Å². The molecule has 0 heterocycles. The van der Waals surface area contributed by atoms with Crippen LogP contribution in [0, 0.1) is 10.1 Å². The van der Waals surface area contributed by atoms with Crippen molar-refractivity contribution in [2.75, 3.05) is 11.9 Å². The normalized spacial score (nSPS) is 10.0. The molecule has 0 atom stereocenters. The molecule has 2 rings (SSSR count). The van der Waals surface area contributed by atoms with Crippen LogP contribution in [0.2, 0.25) is 5.02 Å². The summed E-state index contributed by atoms with van der Waals surface area (Å²) in [5, 5.41) is 13.0. The van der Waals surface area contributed by atoms with Crippen LogP contribution in [-0.2, 0) is 4.79 Å². The number of halogens is 1. The third kappa shape index (κ3) is 3.89. The van der Waals surface area contributed by atoms with E-state index in [4.69, 9.17) is 11.6 Å². The maximum absolute atomic E-state index is 12.5. The van der Waals surface area contributed by atoms with E-state index in [1.165, 1.54) is 18.2 Å². The highest BCUT2D eigenvalue weighted by Gasteiger charge is 2.17. The topological polar surface area (TPSA) is 89.3 Å². The lowest BCUT2D eigenvalue weighted by Gasteiger charge is -2.10. The van der Waals surface area contributed by atoms with Crippen molar-refractivity contribution in [2.24, 2.45) is 0 Å². The van der Waals surface area contributed by atoms with Crippen LogP contribution in [0.1, 0.15) is 15.9 Å². The van der Waals surface area contributed by atoms with Crippen LogP contribution in [0.4, 0.5) is 5.69 Å². The van der Waals surface area contributed by atoms with Gasteiger partial charge in [0.05, 0.1) is 5.69 Å². The fraction of sp³-hybridized carbons (Fsp3) is 0.0667. The van der Waals surface area contributed by atoms with Crippen molar-refractivity contribution in [1.29, 1.82) is 0 Å². The van der Waals surface area contributed by atoms with Gasteiger partial charge in [0.1, 0.15) is 0 Å². The van der Waals surface area contributed by atoms with Gasteiger partial charge in [0.15, 0.2) is 5.78 Å². The Hall–Kier alpha value is -2.73. The molecule has 0 radical (unpaired) electrons. The molecule has 2 aromatic carbocycles. The van der Waals surface area contributed by atoms with Crippen LogP contribution in [0.3, 0.4) is 0 Å². The second-order valence-corrected chi connectivity index (χ2v) is 4.86. The molecule has 1 amide bonds. The molecule has 0 aliphatic heterocycles. The number of nitrogens with one attached hydrogen (secondary N) is 1. The van der Waals surface area contributed by atoms with E-state index in [0.717, 1.165) is 0 Å². The highest BCUT2D eigenvalue weighted by molar-refractivity contribution is 6.31. The SMILES string of the molecule is O=C(C[N+](=O)[O-])Nc1ccc(Cl)cc1C(=O)c1ccccc1. The minimum Gasteiger partial charge on any atom is -0.320 e. The highest BCUT2D eigenvalue weighted by Crippen LogP contribution is 2.23. The van der Waals surface area contributed by atoms with Gasteiger partial charge in [-0.05, 0) is 18.2 Å². The molecule has 2 aromatic rings. The minimum atomic E-state index is -0.873. The lowest BCUT2D eigenvalue weighted by Crippen LogP contribution is -2.23. The number of anilines is 1. The molecule has 0 spiro atoms. The van der Waals surface area contributed by atoms with Gasteiger partial charge in [0.2, 0.25) is 0 Å². The molecule has 0 fully saturated rings. The van der Waals surface area contributed by atoms with Crippen molar-refractivity contribution in [1.82, 2.24) is 0 Å². The molecule has 0 bridgehead atoms. The van der Waals surface area contributed by atoms with E-state index >= 15 is 0 Å². The number of carbonyl (C=O) groups excluding carboxylic acids is 2. The number of rotatable bonds is 5. The molecule has 0 saturated carbocycles. The standard InChI is InChI=1S/C15H11ClN2O4/c16-11-6-7-13(17-14(19)9-18(21)22)12(8-11)15(20)10-4-2-1-3-5-10/h1-8H,9H2,(H,17,19). The van der Waals surface area contributed by atoms with E-state index in [9.17, 15) is 19.7 Å². The summed E-state index contributed by atoms with van der Waals surface area (Å²) in [5.41, 5.74) is 0.787. The van der Waals surface area contributed by atoms with Crippen molar-refractivity contribution in [3.8, 4) is 0 Å². The van der Waals surface area contributed by atoms with E-state index in [2.05, 4.69) is 5.32 Å². The Labute approximate surface area is 130 Å². The zero-order valence-corrected chi connectivity index (χ0v) is 12.0. The molecule has 0 aliphatic carbocycles. The minimum absolute atomic E-state index is 0.176. The predicted molar refractivity (Wildman–Crippen MR) is 81.8 cm³/mol. The van der Waals surface area contributed by atoms with Gasteiger partial charge in [-0.2, -0.15) is 0 Å². The number of amides is 1. The number of nitro groups is 1. The molecule has 7 heteroatoms. The smallest absolute Gasteiger partial charge is 0.296 e. The van der Waals surface area contributed by atoms with E-state index in [0.29, 0.717) is 10.6 Å². The summed E-state index contributed by atoms with van der Waals surface area (Å²) in [4.78, 5) is 33.6. The molecular formula is C15H11ClN2O4. The van der Waals surface area contributed by atoms with Crippen molar-refractivity contribution < 1.29 is 14.5 Å². The summed E-state index contributed by atoms with van der Waals surface area (Å²) in [5.74, 6) is -1.14. The van der Waals surface area contributed by atoms with Crippen LogP contribution in [0.15, 0.2) is 48.5 Å². The number of hydrogen-bond donors (Lipinski definition) is 1. The Kier molecular flexibility index (Phi) is 4.85. The molecule has 0 unspecified atom stereocenters. The number of benzene rings is 2. The van der Waals surface area contributed by atoms with Gasteiger partial charge in [-0.3, -0.25) is 19.7 Å². The van der Waals surface area contributed by atoms with Gasteiger partial charge in [-0.1, -0.05) is 41.9 Å². The van der Waals surface area contributed by atoms with Crippen molar-refractivity contribution in [3.05, 3.63) is 74.8 Å². The second kappa shape index (κ2) is 6.82. The van der Waals surface area contributed by atoms with Gasteiger partial charge in [-0.25, -0.2) is 0 Å². The molecule has 6 nitrogen and oxygen atoms in total. The Morgan fingerprint density at radius 1 is 1.14 bits per heavy atom. The van der Waals surface area contributed by atoms with Gasteiger partial charge >= 0.3 is 0 Å². The van der Waals surface area contributed by atoms with E-state index in [-0.39, 0.29) is 17.0 Å². The maximum atomic E-state index is 12.5. The lowest BCUT2D eigenvalue weighted by atomic mass is 10.0. The summed E-state index contributed by atoms with van der Waals surface area (Å²) < 4.78 is 0. The van der Waals surface area contributed by atoms with Crippen LogP contribution >= 0.6 is 11.6 Å². The molecular weight excluding hydrogens is 308 g/mol. The third-order valence-electron chi connectivity index (χ3n) is 2.81. The van der Waals surface area contributed by atoms with Crippen molar-refractivity contribution in [3.63, 3.8) is 0 Å². The van der Waals surface area contributed by atoms with E-state index in [1.807, 2.05) is 0 Å². The Morgan fingerprint density at radius 3 is 2.45 bits per heavy atom. The second-order valence-electron chi connectivity index (χ2n) is 4.42. The molecule has 1 N–H and O–H groups in total. The predicted octanol–water partition coefficient (Wildman–Crippen LogP) is 2.79. The lowest BCUT2D eigenvalue weighted by molar-refractivity contribution is -0.467. The molecule has 112 valence electrons. The summed E-state index contributed by atoms with van der Waals surface area (Å²) >= 11 is 5.90. The zero-order chi connectivity index (χ0) is 16.1. The Morgan fingerprint density at radius 2 is 1.82 bits per heavy atom. The molecule has 0 saturated heterocycles. The first-order chi connectivity index (χ1) is 10.5. The first kappa shape index (κ1) is 15.7. The van der Waals surface area contributed by atoms with Crippen LogP contribution < -0.4 is 5.32 Å².